The van der Waals surface area contributed by atoms with Crippen LogP contribution in [0.4, 0.5) is 0 Å². The van der Waals surface area contributed by atoms with Gasteiger partial charge in [-0.15, -0.1) is 0 Å². The largest absolute Gasteiger partial charge is 0.264 e. The molecule has 0 fully saturated rings. The molecule has 39 heavy (non-hydrogen) atoms. The predicted molar refractivity (Wildman–Crippen MR) is 165 cm³/mol. The van der Waals surface area contributed by atoms with E-state index in [1.54, 1.807) is 0 Å². The van der Waals surface area contributed by atoms with Gasteiger partial charge < -0.3 is 0 Å². The molecule has 0 radical (unpaired) electrons. The molecule has 186 valence electrons. The highest BCUT2D eigenvalue weighted by Crippen LogP contribution is 2.39. The Morgan fingerprint density at radius 3 is 1.69 bits per heavy atom. The average molecular weight is 502 g/mol. The molecule has 6 rings (SSSR count). The fraction of sp³-hybridized carbons (Fsp3) is 0.0278. The van der Waals surface area contributed by atoms with Crippen molar-refractivity contribution in [3.63, 3.8) is 0 Å². The molecular weight excluding hydrogens is 474 g/mol. The molecule has 0 spiro atoms. The first kappa shape index (κ1) is 24.2. The van der Waals surface area contributed by atoms with E-state index in [-0.39, 0.29) is 0 Å². The molecule has 0 aliphatic rings. The van der Waals surface area contributed by atoms with Gasteiger partial charge in [-0.1, -0.05) is 122 Å². The monoisotopic (exact) mass is 501 g/mol. The number of fused-ring (bicyclic) bond motifs is 2. The Morgan fingerprint density at radius 1 is 0.590 bits per heavy atom. The second-order valence-electron chi connectivity index (χ2n) is 9.39. The molecular formula is C36H27N3. The summed E-state index contributed by atoms with van der Waals surface area (Å²) >= 11 is 0. The molecule has 0 saturated heterocycles. The van der Waals surface area contributed by atoms with E-state index < -0.39 is 0 Å². The molecule has 1 heterocycles. The Labute approximate surface area is 228 Å². The van der Waals surface area contributed by atoms with E-state index in [0.717, 1.165) is 38.7 Å². The molecule has 1 aromatic heterocycles. The molecule has 0 atom stereocenters. The maximum Gasteiger partial charge on any atom is 0.160 e. The number of benzene rings is 5. The summed E-state index contributed by atoms with van der Waals surface area (Å²) in [5, 5.41) is 4.62. The first-order valence-corrected chi connectivity index (χ1v) is 13.0. The number of amidine groups is 1. The summed E-state index contributed by atoms with van der Waals surface area (Å²) in [7, 11) is 0. The number of hydrogen-bond acceptors (Lipinski definition) is 2. The molecule has 0 amide bonds. The van der Waals surface area contributed by atoms with Gasteiger partial charge in [0.05, 0.1) is 5.70 Å². The second-order valence-corrected chi connectivity index (χ2v) is 9.39. The number of aliphatic imine (C=N–C) groups is 2. The van der Waals surface area contributed by atoms with Gasteiger partial charge in [-0.3, -0.25) is 4.98 Å². The topological polar surface area (TPSA) is 37.6 Å². The highest BCUT2D eigenvalue weighted by Gasteiger charge is 2.17. The highest BCUT2D eigenvalue weighted by molar-refractivity contribution is 6.27. The average Bonchev–Trinajstić information content (AvgIpc) is 3.00. The van der Waals surface area contributed by atoms with Gasteiger partial charge in [-0.05, 0) is 45.7 Å². The van der Waals surface area contributed by atoms with Gasteiger partial charge in [0, 0.05) is 34.8 Å². The zero-order valence-electron chi connectivity index (χ0n) is 21.8. The van der Waals surface area contributed by atoms with Crippen LogP contribution in [0.3, 0.4) is 0 Å². The van der Waals surface area contributed by atoms with Gasteiger partial charge in [0.2, 0.25) is 0 Å². The first-order valence-electron chi connectivity index (χ1n) is 13.0. The van der Waals surface area contributed by atoms with Crippen molar-refractivity contribution in [2.75, 3.05) is 0 Å². The summed E-state index contributed by atoms with van der Waals surface area (Å²) in [6.07, 6.45) is 3.75. The minimum Gasteiger partial charge on any atom is -0.264 e. The smallest absolute Gasteiger partial charge is 0.160 e. The summed E-state index contributed by atoms with van der Waals surface area (Å²) < 4.78 is 0. The van der Waals surface area contributed by atoms with Crippen molar-refractivity contribution in [3.05, 3.63) is 157 Å². The normalized spacial score (nSPS) is 12.1. The quantitative estimate of drug-likeness (QED) is 0.132. The van der Waals surface area contributed by atoms with E-state index in [1.165, 1.54) is 16.3 Å². The fourth-order valence-corrected chi connectivity index (χ4v) is 5.12. The van der Waals surface area contributed by atoms with Crippen LogP contribution in [0.15, 0.2) is 150 Å². The first-order chi connectivity index (χ1) is 19.2. The van der Waals surface area contributed by atoms with Gasteiger partial charge in [0.25, 0.3) is 0 Å². The Hall–Kier alpha value is -5.15. The van der Waals surface area contributed by atoms with Crippen LogP contribution in [0.5, 0.6) is 0 Å². The van der Waals surface area contributed by atoms with Crippen LogP contribution in [0, 0.1) is 0 Å². The lowest BCUT2D eigenvalue weighted by Crippen LogP contribution is -2.06. The van der Waals surface area contributed by atoms with Gasteiger partial charge in [0.15, 0.2) is 5.84 Å². The van der Waals surface area contributed by atoms with Crippen molar-refractivity contribution in [2.24, 2.45) is 9.98 Å². The van der Waals surface area contributed by atoms with E-state index in [0.29, 0.717) is 11.5 Å². The predicted octanol–water partition coefficient (Wildman–Crippen LogP) is 8.98. The van der Waals surface area contributed by atoms with Gasteiger partial charge in [-0.2, -0.15) is 0 Å². The number of nitrogens with zero attached hydrogens (tertiary/aromatic N) is 3. The zero-order valence-corrected chi connectivity index (χ0v) is 21.8. The molecule has 6 aromatic rings. The zero-order chi connectivity index (χ0) is 26.6. The third-order valence-corrected chi connectivity index (χ3v) is 6.90. The Bertz CT molecular complexity index is 1800. The van der Waals surface area contributed by atoms with Crippen LogP contribution in [0.25, 0.3) is 38.4 Å². The highest BCUT2D eigenvalue weighted by atomic mass is 14.9. The number of aromatic nitrogens is 1. The molecule has 0 aliphatic heterocycles. The van der Waals surface area contributed by atoms with Crippen molar-refractivity contribution >= 4 is 38.8 Å². The van der Waals surface area contributed by atoms with Crippen LogP contribution in [-0.4, -0.2) is 16.5 Å². The van der Waals surface area contributed by atoms with Crippen LogP contribution in [0.1, 0.15) is 23.6 Å². The van der Waals surface area contributed by atoms with Gasteiger partial charge >= 0.3 is 0 Å². The van der Waals surface area contributed by atoms with Crippen molar-refractivity contribution in [1.29, 1.82) is 0 Å². The molecule has 0 aliphatic carbocycles. The lowest BCUT2D eigenvalue weighted by Gasteiger charge is -2.17. The van der Waals surface area contributed by atoms with Crippen LogP contribution in [-0.2, 0) is 0 Å². The minimum absolute atomic E-state index is 0.631. The van der Waals surface area contributed by atoms with E-state index in [2.05, 4.69) is 73.1 Å². The van der Waals surface area contributed by atoms with Crippen molar-refractivity contribution in [2.45, 2.75) is 6.92 Å². The molecule has 3 heteroatoms. The van der Waals surface area contributed by atoms with E-state index in [4.69, 9.17) is 9.98 Å². The molecule has 0 N–H and O–H groups in total. The second kappa shape index (κ2) is 10.7. The number of hydrogen-bond donors (Lipinski definition) is 0. The Kier molecular flexibility index (Phi) is 6.63. The number of pyridine rings is 1. The lowest BCUT2D eigenvalue weighted by molar-refractivity contribution is 1.33. The Balaban J connectivity index is 1.60. The molecule has 3 nitrogen and oxygen atoms in total. The van der Waals surface area contributed by atoms with Crippen molar-refractivity contribution in [1.82, 2.24) is 4.98 Å². The third kappa shape index (κ3) is 4.78. The summed E-state index contributed by atoms with van der Waals surface area (Å²) in [5.74, 6) is 0.631. The van der Waals surface area contributed by atoms with Crippen molar-refractivity contribution in [3.8, 4) is 11.1 Å². The standard InChI is InChI=1S/C36H27N3/c1-25(27-14-5-3-6-15-27)38-36(28-16-7-4-8-17-28)39-26(2)34-30-19-9-11-21-32(30)35(29-18-13-23-37-24-29)33-22-12-10-20-31(33)34/h3-24H,1H2,2H3. The number of rotatable bonds is 5. The van der Waals surface area contributed by atoms with Crippen LogP contribution in [0.2, 0.25) is 0 Å². The molecule has 0 bridgehead atoms. The van der Waals surface area contributed by atoms with Crippen molar-refractivity contribution < 1.29 is 0 Å². The van der Waals surface area contributed by atoms with Gasteiger partial charge in [0.1, 0.15) is 0 Å². The molecule has 0 unspecified atom stereocenters. The third-order valence-electron chi connectivity index (χ3n) is 6.90. The molecule has 5 aromatic carbocycles. The van der Waals surface area contributed by atoms with Gasteiger partial charge in [-0.25, -0.2) is 9.98 Å². The Morgan fingerprint density at radius 2 is 1.13 bits per heavy atom. The summed E-state index contributed by atoms with van der Waals surface area (Å²) in [6, 6.07) is 41.3. The van der Waals surface area contributed by atoms with E-state index >= 15 is 0 Å². The minimum atomic E-state index is 0.631. The SMILES string of the molecule is C=C(N=C(N=C(C)c1c2ccccc2c(-c2cccnc2)c2ccccc12)c1ccccc1)c1ccccc1. The maximum atomic E-state index is 5.18. The van der Waals surface area contributed by atoms with Crippen LogP contribution >= 0.6 is 0 Å². The van der Waals surface area contributed by atoms with Crippen LogP contribution < -0.4 is 0 Å². The summed E-state index contributed by atoms with van der Waals surface area (Å²) in [5.41, 5.74) is 6.85. The van der Waals surface area contributed by atoms with E-state index in [9.17, 15) is 0 Å². The maximum absolute atomic E-state index is 5.18. The summed E-state index contributed by atoms with van der Waals surface area (Å²) in [6.45, 7) is 6.32. The lowest BCUT2D eigenvalue weighted by atomic mass is 9.87. The molecule has 0 saturated carbocycles. The van der Waals surface area contributed by atoms with E-state index in [1.807, 2.05) is 79.1 Å². The summed E-state index contributed by atoms with van der Waals surface area (Å²) in [4.78, 5) is 14.5. The fourth-order valence-electron chi connectivity index (χ4n) is 5.12.